The number of carbonyl (C=O) groups excluding carboxylic acids is 1. The van der Waals surface area contributed by atoms with E-state index in [2.05, 4.69) is 41.5 Å². The molecule has 2 aromatic heterocycles. The molecule has 180 valence electrons. The second-order valence-corrected chi connectivity index (χ2v) is 8.29. The van der Waals surface area contributed by atoms with E-state index in [4.69, 9.17) is 11.6 Å². The van der Waals surface area contributed by atoms with Crippen molar-refractivity contribution in [3.8, 4) is 0 Å². The lowest BCUT2D eigenvalue weighted by molar-refractivity contribution is 0.249. The van der Waals surface area contributed by atoms with Crippen molar-refractivity contribution in [2.24, 2.45) is 0 Å². The molecule has 0 unspecified atom stereocenters. The highest BCUT2D eigenvalue weighted by Gasteiger charge is 2.18. The van der Waals surface area contributed by atoms with Crippen molar-refractivity contribution in [2.45, 2.75) is 25.3 Å². The maximum atomic E-state index is 12.5. The third kappa shape index (κ3) is 6.18. The summed E-state index contributed by atoms with van der Waals surface area (Å²) in [5.74, 6) is 0.914. The Labute approximate surface area is 214 Å². The van der Waals surface area contributed by atoms with Crippen molar-refractivity contribution in [1.29, 1.82) is 0 Å². The van der Waals surface area contributed by atoms with E-state index < -0.39 is 0 Å². The van der Waals surface area contributed by atoms with E-state index in [-0.39, 0.29) is 36.9 Å². The van der Waals surface area contributed by atoms with E-state index in [1.54, 1.807) is 12.4 Å². The van der Waals surface area contributed by atoms with Crippen LogP contribution in [0.5, 0.6) is 0 Å². The molecule has 2 amide bonds. The van der Waals surface area contributed by atoms with Crippen molar-refractivity contribution in [3.63, 3.8) is 0 Å². The van der Waals surface area contributed by atoms with E-state index in [0.29, 0.717) is 16.8 Å². The Kier molecular flexibility index (Phi) is 8.73. The average Bonchev–Trinajstić information content (AvgIpc) is 3.29. The monoisotopic (exact) mass is 522 g/mol. The summed E-state index contributed by atoms with van der Waals surface area (Å²) in [7, 11) is 0. The Morgan fingerprint density at radius 1 is 1.06 bits per heavy atom. The summed E-state index contributed by atoms with van der Waals surface area (Å²) in [4.78, 5) is 25.6. The molecule has 0 spiro atoms. The first-order valence-electron chi connectivity index (χ1n) is 10.5. The second-order valence-electron chi connectivity index (χ2n) is 7.88. The molecule has 5 N–H and O–H groups in total. The van der Waals surface area contributed by atoms with Crippen molar-refractivity contribution < 1.29 is 4.79 Å². The number of urea groups is 1. The second kappa shape index (κ2) is 11.5. The molecule has 6 bridgehead atoms. The van der Waals surface area contributed by atoms with Crippen LogP contribution in [0.15, 0.2) is 42.9 Å². The number of amides is 2. The number of benzene rings is 1. The van der Waals surface area contributed by atoms with Gasteiger partial charge < -0.3 is 26.6 Å². The lowest BCUT2D eigenvalue weighted by Crippen LogP contribution is -2.39. The molecular formula is C22H25Cl3N8O. The molecule has 3 aromatic rings. The molecule has 4 heterocycles. The number of carbonyl (C=O) groups is 1. The summed E-state index contributed by atoms with van der Waals surface area (Å²) < 4.78 is 0. The van der Waals surface area contributed by atoms with Gasteiger partial charge in [0.25, 0.3) is 0 Å². The Morgan fingerprint density at radius 3 is 2.76 bits per heavy atom. The van der Waals surface area contributed by atoms with Crippen LogP contribution in [-0.4, -0.2) is 40.1 Å². The topological polar surface area (TPSA) is 116 Å². The molecular weight excluding hydrogens is 499 g/mol. The van der Waals surface area contributed by atoms with E-state index >= 15 is 0 Å². The Balaban J connectivity index is 0.00000162. The quantitative estimate of drug-likeness (QED) is 0.337. The maximum Gasteiger partial charge on any atom is 0.319 e. The van der Waals surface area contributed by atoms with E-state index in [0.717, 1.165) is 60.5 Å². The molecule has 0 aliphatic carbocycles. The Morgan fingerprint density at radius 2 is 1.94 bits per heavy atom. The highest BCUT2D eigenvalue weighted by Crippen LogP contribution is 2.29. The van der Waals surface area contributed by atoms with Crippen LogP contribution in [0.4, 0.5) is 33.6 Å². The molecule has 1 aromatic carbocycles. The van der Waals surface area contributed by atoms with Gasteiger partial charge in [-0.25, -0.2) is 9.78 Å². The third-order valence-corrected chi connectivity index (χ3v) is 5.77. The summed E-state index contributed by atoms with van der Waals surface area (Å²) in [6.07, 6.45) is 7.53. The first-order valence-corrected chi connectivity index (χ1v) is 10.9. The maximum absolute atomic E-state index is 12.5. The largest absolute Gasteiger partial charge is 0.339 e. The molecule has 0 radical (unpaired) electrons. The number of halogens is 3. The number of nitrogens with one attached hydrogen (secondary N) is 5. The lowest BCUT2D eigenvalue weighted by atomic mass is 10.0. The van der Waals surface area contributed by atoms with Crippen LogP contribution >= 0.6 is 36.4 Å². The van der Waals surface area contributed by atoms with Gasteiger partial charge in [0.05, 0.1) is 18.1 Å². The Bertz CT molecular complexity index is 1160. The average molecular weight is 524 g/mol. The van der Waals surface area contributed by atoms with Gasteiger partial charge >= 0.3 is 6.03 Å². The number of aryl methyl sites for hydroxylation is 2. The van der Waals surface area contributed by atoms with Crippen LogP contribution in [0.25, 0.3) is 0 Å². The van der Waals surface area contributed by atoms with Gasteiger partial charge in [-0.05, 0) is 61.2 Å². The molecule has 9 nitrogen and oxygen atoms in total. The molecule has 34 heavy (non-hydrogen) atoms. The number of hydrogen-bond acceptors (Lipinski definition) is 7. The van der Waals surface area contributed by atoms with Gasteiger partial charge in [-0.2, -0.15) is 4.98 Å². The summed E-state index contributed by atoms with van der Waals surface area (Å²) in [5, 5.41) is 16.1. The predicted molar refractivity (Wildman–Crippen MR) is 140 cm³/mol. The fourth-order valence-electron chi connectivity index (χ4n) is 3.87. The van der Waals surface area contributed by atoms with Gasteiger partial charge in [-0.1, -0.05) is 11.6 Å². The molecule has 1 atom stereocenters. The molecule has 12 heteroatoms. The van der Waals surface area contributed by atoms with Crippen molar-refractivity contribution in [1.82, 2.24) is 25.6 Å². The van der Waals surface area contributed by atoms with Crippen LogP contribution in [0.3, 0.4) is 0 Å². The minimum atomic E-state index is -0.199. The number of nitrogens with zero attached hydrogens (tertiary/aromatic N) is 3. The van der Waals surface area contributed by atoms with Gasteiger partial charge in [-0.15, -0.1) is 24.8 Å². The number of pyridine rings is 1. The van der Waals surface area contributed by atoms with Gasteiger partial charge in [0.2, 0.25) is 5.95 Å². The zero-order valence-corrected chi connectivity index (χ0v) is 20.5. The summed E-state index contributed by atoms with van der Waals surface area (Å²) in [5.41, 5.74) is 4.45. The molecule has 5 rings (SSSR count). The summed E-state index contributed by atoms with van der Waals surface area (Å²) in [6, 6.07) is 7.77. The summed E-state index contributed by atoms with van der Waals surface area (Å²) >= 11 is 6.32. The number of fused-ring (bicyclic) bond motifs is 6. The van der Waals surface area contributed by atoms with Crippen molar-refractivity contribution in [2.75, 3.05) is 29.0 Å². The molecule has 1 fully saturated rings. The van der Waals surface area contributed by atoms with Crippen molar-refractivity contribution >= 4 is 71.3 Å². The smallest absolute Gasteiger partial charge is 0.319 e. The number of anilines is 5. The minimum absolute atomic E-state index is 0. The van der Waals surface area contributed by atoms with Gasteiger partial charge in [0.1, 0.15) is 5.02 Å². The van der Waals surface area contributed by atoms with E-state index in [1.807, 2.05) is 30.5 Å². The van der Waals surface area contributed by atoms with Crippen LogP contribution in [0.2, 0.25) is 5.02 Å². The highest BCUT2D eigenvalue weighted by molar-refractivity contribution is 6.32. The molecule has 1 saturated heterocycles. The van der Waals surface area contributed by atoms with Crippen LogP contribution in [0.1, 0.15) is 17.5 Å². The molecule has 2 aliphatic rings. The minimum Gasteiger partial charge on any atom is -0.339 e. The number of rotatable bonds is 2. The zero-order valence-electron chi connectivity index (χ0n) is 18.1. The lowest BCUT2D eigenvalue weighted by Gasteiger charge is -2.16. The van der Waals surface area contributed by atoms with E-state index in [1.165, 1.54) is 0 Å². The number of hydrogen-bond donors (Lipinski definition) is 5. The van der Waals surface area contributed by atoms with E-state index in [9.17, 15) is 4.79 Å². The Hall–Kier alpha value is -2.85. The highest BCUT2D eigenvalue weighted by atomic mass is 35.5. The zero-order chi connectivity index (χ0) is 21.9. The van der Waals surface area contributed by atoms with Gasteiger partial charge in [0, 0.05) is 30.2 Å². The van der Waals surface area contributed by atoms with Crippen LogP contribution in [-0.2, 0) is 12.8 Å². The molecule has 2 aliphatic heterocycles. The number of aromatic nitrogens is 3. The first-order chi connectivity index (χ1) is 15.6. The third-order valence-electron chi connectivity index (χ3n) is 5.49. The fraction of sp³-hybridized carbons (Fsp3) is 0.273. The van der Waals surface area contributed by atoms with Crippen LogP contribution in [0, 0.1) is 0 Å². The normalized spacial score (nSPS) is 16.1. The molecule has 0 saturated carbocycles. The predicted octanol–water partition coefficient (Wildman–Crippen LogP) is 4.44. The van der Waals surface area contributed by atoms with Crippen molar-refractivity contribution in [3.05, 3.63) is 59.0 Å². The first kappa shape index (κ1) is 25.8. The SMILES string of the molecule is Cl.Cl.O=C(Nc1ccc2cc1CCc1cncc(c1)Nc1ncc(Cl)c(n1)N2)N[C@H]1CCNC1. The van der Waals surface area contributed by atoms with Gasteiger partial charge in [0.15, 0.2) is 5.82 Å². The fourth-order valence-corrected chi connectivity index (χ4v) is 4.01. The standard InChI is InChI=1S/C22H23ClN8O.2ClH/c23-18-12-26-21-28-17-7-13(9-25-11-17)1-2-14-8-15(27-20(18)31-21)3-4-19(14)30-22(32)29-16-5-6-24-10-16;;/h3-4,7-9,11-12,16,24H,1-2,5-6,10H2,(H2,29,30,32)(H2,26,27,28,31);2*1H/t16-;;/m0../s1. The van der Waals surface area contributed by atoms with Gasteiger partial charge in [-0.3, -0.25) is 4.98 Å². The van der Waals surface area contributed by atoms with Crippen LogP contribution < -0.4 is 26.6 Å². The summed E-state index contributed by atoms with van der Waals surface area (Å²) in [6.45, 7) is 1.72.